The zero-order valence-electron chi connectivity index (χ0n) is 17.9. The Morgan fingerprint density at radius 3 is 2.47 bits per heavy atom. The monoisotopic (exact) mass is 470 g/mol. The standard InChI is InChI=1S/C24H26N2O4S2/c1-30-16-15-25(32(28,29)20-10-6-3-7-11-20)18-23(27)26-14-12-22-21(13-17-31-22)24(26)19-8-4-2-5-9-19/h2-11,13,17,24H,12,14-16,18H2,1H3. The van der Waals surface area contributed by atoms with Gasteiger partial charge in [0.25, 0.3) is 0 Å². The Labute approximate surface area is 193 Å². The van der Waals surface area contributed by atoms with Crippen molar-refractivity contribution in [1.29, 1.82) is 0 Å². The largest absolute Gasteiger partial charge is 0.383 e. The summed E-state index contributed by atoms with van der Waals surface area (Å²) >= 11 is 1.70. The van der Waals surface area contributed by atoms with E-state index < -0.39 is 10.0 Å². The maximum Gasteiger partial charge on any atom is 0.243 e. The molecular weight excluding hydrogens is 444 g/mol. The van der Waals surface area contributed by atoms with E-state index in [4.69, 9.17) is 4.74 Å². The van der Waals surface area contributed by atoms with Crippen LogP contribution in [-0.2, 0) is 26.0 Å². The molecular formula is C24H26N2O4S2. The number of hydrogen-bond donors (Lipinski definition) is 0. The summed E-state index contributed by atoms with van der Waals surface area (Å²) in [7, 11) is -2.31. The molecule has 1 aromatic heterocycles. The molecule has 0 aliphatic carbocycles. The summed E-state index contributed by atoms with van der Waals surface area (Å²) in [5.41, 5.74) is 2.14. The lowest BCUT2D eigenvalue weighted by molar-refractivity contribution is -0.133. The van der Waals surface area contributed by atoms with Gasteiger partial charge in [-0.2, -0.15) is 4.31 Å². The number of amides is 1. The van der Waals surface area contributed by atoms with Crippen LogP contribution in [0.2, 0.25) is 0 Å². The van der Waals surface area contributed by atoms with Crippen molar-refractivity contribution in [2.45, 2.75) is 17.4 Å². The Kier molecular flexibility index (Phi) is 7.05. The van der Waals surface area contributed by atoms with Gasteiger partial charge in [0.15, 0.2) is 0 Å². The highest BCUT2D eigenvalue weighted by Crippen LogP contribution is 2.37. The summed E-state index contributed by atoms with van der Waals surface area (Å²) in [6.45, 7) is 0.627. The van der Waals surface area contributed by atoms with Crippen molar-refractivity contribution in [3.8, 4) is 0 Å². The van der Waals surface area contributed by atoms with E-state index >= 15 is 0 Å². The fourth-order valence-electron chi connectivity index (χ4n) is 4.04. The van der Waals surface area contributed by atoms with Gasteiger partial charge in [-0.15, -0.1) is 11.3 Å². The van der Waals surface area contributed by atoms with Gasteiger partial charge in [-0.3, -0.25) is 4.79 Å². The average molecular weight is 471 g/mol. The minimum Gasteiger partial charge on any atom is -0.383 e. The van der Waals surface area contributed by atoms with Crippen molar-refractivity contribution < 1.29 is 17.9 Å². The minimum absolute atomic E-state index is 0.104. The predicted octanol–water partition coefficient (Wildman–Crippen LogP) is 3.56. The third kappa shape index (κ3) is 4.63. The van der Waals surface area contributed by atoms with Crippen molar-refractivity contribution >= 4 is 27.3 Å². The number of rotatable bonds is 8. The van der Waals surface area contributed by atoms with Gasteiger partial charge < -0.3 is 9.64 Å². The number of fused-ring (bicyclic) bond motifs is 1. The first-order chi connectivity index (χ1) is 15.5. The highest BCUT2D eigenvalue weighted by atomic mass is 32.2. The molecule has 168 valence electrons. The SMILES string of the molecule is COCCN(CC(=O)N1CCc2sccc2C1c1ccccc1)S(=O)(=O)c1ccccc1. The number of nitrogens with zero attached hydrogens (tertiary/aromatic N) is 2. The molecule has 0 fully saturated rings. The molecule has 0 N–H and O–H groups in total. The lowest BCUT2D eigenvalue weighted by atomic mass is 9.93. The van der Waals surface area contributed by atoms with E-state index in [-0.39, 0.29) is 36.5 Å². The molecule has 0 bridgehead atoms. The van der Waals surface area contributed by atoms with Crippen LogP contribution in [0.5, 0.6) is 0 Å². The quantitative estimate of drug-likeness (QED) is 0.505. The smallest absolute Gasteiger partial charge is 0.243 e. The van der Waals surface area contributed by atoms with Gasteiger partial charge in [0.1, 0.15) is 0 Å². The van der Waals surface area contributed by atoms with E-state index in [0.717, 1.165) is 17.5 Å². The second kappa shape index (κ2) is 9.95. The fourth-order valence-corrected chi connectivity index (χ4v) is 6.34. The number of carbonyl (C=O) groups excluding carboxylic acids is 1. The fraction of sp³-hybridized carbons (Fsp3) is 0.292. The molecule has 0 saturated carbocycles. The molecule has 8 heteroatoms. The highest BCUT2D eigenvalue weighted by molar-refractivity contribution is 7.89. The van der Waals surface area contributed by atoms with Crippen LogP contribution in [0.1, 0.15) is 22.0 Å². The lowest BCUT2D eigenvalue weighted by Crippen LogP contribution is -2.47. The van der Waals surface area contributed by atoms with Gasteiger partial charge in [0.05, 0.1) is 24.1 Å². The summed E-state index contributed by atoms with van der Waals surface area (Å²) in [6, 6.07) is 20.0. The average Bonchev–Trinajstić information content (AvgIpc) is 3.31. The number of thiophene rings is 1. The van der Waals surface area contributed by atoms with E-state index in [1.54, 1.807) is 41.7 Å². The second-order valence-electron chi connectivity index (χ2n) is 7.59. The number of methoxy groups -OCH3 is 1. The van der Waals surface area contributed by atoms with Gasteiger partial charge in [0.2, 0.25) is 15.9 Å². The second-order valence-corrected chi connectivity index (χ2v) is 10.5. The normalized spacial score (nSPS) is 16.2. The summed E-state index contributed by atoms with van der Waals surface area (Å²) in [5, 5.41) is 2.05. The number of benzene rings is 2. The molecule has 2 aromatic carbocycles. The molecule has 3 aromatic rings. The number of sulfonamides is 1. The number of carbonyl (C=O) groups is 1. The van der Waals surface area contributed by atoms with Gasteiger partial charge >= 0.3 is 0 Å². The Morgan fingerprint density at radius 1 is 1.09 bits per heavy atom. The first-order valence-electron chi connectivity index (χ1n) is 10.5. The van der Waals surface area contributed by atoms with E-state index in [1.807, 2.05) is 35.2 Å². The molecule has 0 radical (unpaired) electrons. The predicted molar refractivity (Wildman–Crippen MR) is 125 cm³/mol. The summed E-state index contributed by atoms with van der Waals surface area (Å²) in [6.07, 6.45) is 0.769. The molecule has 1 atom stereocenters. The zero-order valence-corrected chi connectivity index (χ0v) is 19.5. The molecule has 1 amide bonds. The van der Waals surface area contributed by atoms with Crippen LogP contribution in [0, 0.1) is 0 Å². The van der Waals surface area contributed by atoms with Crippen LogP contribution >= 0.6 is 11.3 Å². The number of hydrogen-bond acceptors (Lipinski definition) is 5. The summed E-state index contributed by atoms with van der Waals surface area (Å²) in [5.74, 6) is -0.216. The van der Waals surface area contributed by atoms with Crippen LogP contribution in [-0.4, -0.2) is 56.9 Å². The third-order valence-corrected chi connectivity index (χ3v) is 8.49. The zero-order chi connectivity index (χ0) is 22.6. The van der Waals surface area contributed by atoms with Gasteiger partial charge in [0, 0.05) is 25.1 Å². The van der Waals surface area contributed by atoms with Crippen molar-refractivity contribution in [1.82, 2.24) is 9.21 Å². The van der Waals surface area contributed by atoms with Crippen molar-refractivity contribution in [2.24, 2.45) is 0 Å². The molecule has 1 unspecified atom stereocenters. The van der Waals surface area contributed by atoms with E-state index in [9.17, 15) is 13.2 Å². The van der Waals surface area contributed by atoms with Gasteiger partial charge in [-0.05, 0) is 41.1 Å². The maximum absolute atomic E-state index is 13.5. The van der Waals surface area contributed by atoms with Gasteiger partial charge in [-0.1, -0.05) is 48.5 Å². The Hall–Kier alpha value is -2.52. The molecule has 6 nitrogen and oxygen atoms in total. The maximum atomic E-state index is 13.5. The highest BCUT2D eigenvalue weighted by Gasteiger charge is 2.35. The molecule has 0 saturated heterocycles. The molecule has 0 spiro atoms. The molecule has 4 rings (SSSR count). The van der Waals surface area contributed by atoms with Crippen LogP contribution < -0.4 is 0 Å². The lowest BCUT2D eigenvalue weighted by Gasteiger charge is -2.37. The van der Waals surface area contributed by atoms with Crippen LogP contribution in [0.25, 0.3) is 0 Å². The van der Waals surface area contributed by atoms with Gasteiger partial charge in [-0.25, -0.2) is 8.42 Å². The van der Waals surface area contributed by atoms with Crippen LogP contribution in [0.3, 0.4) is 0 Å². The van der Waals surface area contributed by atoms with E-state index in [0.29, 0.717) is 6.54 Å². The van der Waals surface area contributed by atoms with Crippen molar-refractivity contribution in [2.75, 3.05) is 33.4 Å². The third-order valence-electron chi connectivity index (χ3n) is 5.64. The van der Waals surface area contributed by atoms with Crippen molar-refractivity contribution in [3.63, 3.8) is 0 Å². The minimum atomic E-state index is -3.83. The summed E-state index contributed by atoms with van der Waals surface area (Å²) < 4.78 is 32.9. The Bertz CT molecular complexity index is 1150. The van der Waals surface area contributed by atoms with Crippen molar-refractivity contribution in [3.05, 3.63) is 88.1 Å². The Balaban J connectivity index is 1.64. The molecule has 2 heterocycles. The van der Waals surface area contributed by atoms with Crippen LogP contribution in [0.15, 0.2) is 77.0 Å². The molecule has 1 aliphatic heterocycles. The first-order valence-corrected chi connectivity index (χ1v) is 12.8. The molecule has 1 aliphatic rings. The Morgan fingerprint density at radius 2 is 1.78 bits per heavy atom. The molecule has 32 heavy (non-hydrogen) atoms. The van der Waals surface area contributed by atoms with Crippen LogP contribution in [0.4, 0.5) is 0 Å². The van der Waals surface area contributed by atoms with E-state index in [1.165, 1.54) is 16.3 Å². The topological polar surface area (TPSA) is 66.9 Å². The number of ether oxygens (including phenoxy) is 1. The summed E-state index contributed by atoms with van der Waals surface area (Å²) in [4.78, 5) is 16.8. The van der Waals surface area contributed by atoms with E-state index in [2.05, 4.69) is 11.4 Å². The first kappa shape index (κ1) is 22.7.